The monoisotopic (exact) mass is 333 g/mol. The number of fused-ring (bicyclic) bond motifs is 1. The van der Waals surface area contributed by atoms with Crippen LogP contribution in [0.15, 0.2) is 24.3 Å². The molecule has 7 nitrogen and oxygen atoms in total. The van der Waals surface area contributed by atoms with Crippen molar-refractivity contribution in [3.63, 3.8) is 0 Å². The number of carbonyl (C=O) groups is 2. The lowest BCUT2D eigenvalue weighted by molar-refractivity contribution is -0.131. The molecule has 2 aromatic rings. The van der Waals surface area contributed by atoms with Gasteiger partial charge in [0, 0.05) is 23.6 Å². The quantitative estimate of drug-likeness (QED) is 0.788. The number of nitrogens with two attached hydrogens (primary N) is 1. The number of halogens is 1. The topological polar surface area (TPSA) is 104 Å². The van der Waals surface area contributed by atoms with Crippen LogP contribution in [0.3, 0.4) is 0 Å². The number of rotatable bonds is 3. The van der Waals surface area contributed by atoms with Crippen molar-refractivity contribution in [1.82, 2.24) is 20.2 Å². The fourth-order valence-corrected chi connectivity index (χ4v) is 2.65. The molecule has 3 amide bonds. The number of carbonyl (C=O) groups excluding carboxylic acids is 2. The van der Waals surface area contributed by atoms with Gasteiger partial charge in [0.05, 0.1) is 24.5 Å². The van der Waals surface area contributed by atoms with Gasteiger partial charge >= 0.3 is 6.03 Å². The van der Waals surface area contributed by atoms with Crippen LogP contribution >= 0.6 is 11.6 Å². The number of benzene rings is 1. The molecule has 1 aromatic heterocycles. The summed E-state index contributed by atoms with van der Waals surface area (Å²) in [6, 6.07) is 6.70. The Bertz CT molecular complexity index is 741. The van der Waals surface area contributed by atoms with Crippen molar-refractivity contribution in [3.8, 4) is 11.4 Å². The summed E-state index contributed by atoms with van der Waals surface area (Å²) < 4.78 is 0. The van der Waals surface area contributed by atoms with E-state index in [-0.39, 0.29) is 12.5 Å². The van der Waals surface area contributed by atoms with Gasteiger partial charge in [0.1, 0.15) is 5.82 Å². The number of nitrogens with zero attached hydrogens (tertiary/aromatic N) is 2. The lowest BCUT2D eigenvalue weighted by atomic mass is 10.1. The fraction of sp³-hybridized carbons (Fsp3) is 0.267. The number of primary amides is 1. The molecule has 3 rings (SSSR count). The minimum Gasteiger partial charge on any atom is -0.352 e. The Morgan fingerprint density at radius 3 is 2.78 bits per heavy atom. The second-order valence-corrected chi connectivity index (χ2v) is 5.74. The first-order valence-electron chi connectivity index (χ1n) is 7.17. The van der Waals surface area contributed by atoms with Crippen LogP contribution < -0.4 is 11.1 Å². The van der Waals surface area contributed by atoms with Crippen LogP contribution in [0.1, 0.15) is 11.4 Å². The minimum atomic E-state index is -0.706. The number of imidazole rings is 1. The van der Waals surface area contributed by atoms with Gasteiger partial charge in [-0.25, -0.2) is 9.78 Å². The number of hydrogen-bond acceptors (Lipinski definition) is 3. The third-order valence-electron chi connectivity index (χ3n) is 3.72. The molecule has 23 heavy (non-hydrogen) atoms. The molecule has 0 fully saturated rings. The van der Waals surface area contributed by atoms with Crippen molar-refractivity contribution < 1.29 is 9.59 Å². The molecule has 8 heteroatoms. The Morgan fingerprint density at radius 1 is 1.35 bits per heavy atom. The summed E-state index contributed by atoms with van der Waals surface area (Å²) in [5.41, 5.74) is 7.79. The number of amides is 3. The lowest BCUT2D eigenvalue weighted by Gasteiger charge is -2.26. The zero-order chi connectivity index (χ0) is 16.4. The average Bonchev–Trinajstić information content (AvgIpc) is 2.96. The molecular formula is C15H16ClN5O2. The number of nitrogens with one attached hydrogen (secondary N) is 2. The Hall–Kier alpha value is -2.54. The van der Waals surface area contributed by atoms with E-state index in [0.717, 1.165) is 22.8 Å². The van der Waals surface area contributed by atoms with Gasteiger partial charge in [0.15, 0.2) is 0 Å². The number of aromatic amines is 1. The highest BCUT2D eigenvalue weighted by Gasteiger charge is 2.24. The van der Waals surface area contributed by atoms with Crippen LogP contribution in [0.5, 0.6) is 0 Å². The third-order valence-corrected chi connectivity index (χ3v) is 3.97. The van der Waals surface area contributed by atoms with E-state index in [1.165, 1.54) is 0 Å². The van der Waals surface area contributed by atoms with Gasteiger partial charge in [0.2, 0.25) is 5.91 Å². The predicted octanol–water partition coefficient (Wildman–Crippen LogP) is 1.28. The van der Waals surface area contributed by atoms with Gasteiger partial charge in [-0.3, -0.25) is 4.79 Å². The van der Waals surface area contributed by atoms with Crippen LogP contribution in [0.25, 0.3) is 11.4 Å². The zero-order valence-electron chi connectivity index (χ0n) is 12.3. The van der Waals surface area contributed by atoms with E-state index in [1.807, 2.05) is 24.3 Å². The zero-order valence-corrected chi connectivity index (χ0v) is 13.1. The number of H-pyrrole nitrogens is 1. The molecular weight excluding hydrogens is 318 g/mol. The maximum Gasteiger partial charge on any atom is 0.312 e. The molecule has 1 aliphatic heterocycles. The average molecular weight is 334 g/mol. The number of hydrogen-bond donors (Lipinski definition) is 3. The van der Waals surface area contributed by atoms with E-state index < -0.39 is 6.03 Å². The van der Waals surface area contributed by atoms with Crippen molar-refractivity contribution in [3.05, 3.63) is 40.7 Å². The van der Waals surface area contributed by atoms with E-state index in [0.29, 0.717) is 24.5 Å². The summed E-state index contributed by atoms with van der Waals surface area (Å²) in [4.78, 5) is 32.2. The second kappa shape index (κ2) is 6.29. The van der Waals surface area contributed by atoms with Crippen molar-refractivity contribution in [2.24, 2.45) is 5.73 Å². The lowest BCUT2D eigenvalue weighted by Crippen LogP contribution is -2.43. The molecule has 1 aliphatic rings. The maximum absolute atomic E-state index is 12.0. The Kier molecular flexibility index (Phi) is 4.20. The molecule has 4 N–H and O–H groups in total. The van der Waals surface area contributed by atoms with Gasteiger partial charge in [-0.2, -0.15) is 0 Å². The highest BCUT2D eigenvalue weighted by atomic mass is 35.5. The molecule has 0 aliphatic carbocycles. The molecule has 0 bridgehead atoms. The summed E-state index contributed by atoms with van der Waals surface area (Å²) in [7, 11) is 0. The van der Waals surface area contributed by atoms with Crippen LogP contribution in [-0.2, 0) is 17.8 Å². The second-order valence-electron chi connectivity index (χ2n) is 5.30. The molecule has 1 aromatic carbocycles. The fourth-order valence-electron chi connectivity index (χ4n) is 2.53. The van der Waals surface area contributed by atoms with Gasteiger partial charge in [-0.05, 0) is 24.3 Å². The van der Waals surface area contributed by atoms with E-state index in [2.05, 4.69) is 15.3 Å². The molecule has 0 spiro atoms. The van der Waals surface area contributed by atoms with Gasteiger partial charge in [-0.1, -0.05) is 11.6 Å². The Labute approximate surface area is 137 Å². The highest BCUT2D eigenvalue weighted by Crippen LogP contribution is 2.23. The van der Waals surface area contributed by atoms with Crippen molar-refractivity contribution in [2.75, 3.05) is 13.1 Å². The molecule has 120 valence electrons. The normalized spacial score (nSPS) is 13.5. The van der Waals surface area contributed by atoms with Gasteiger partial charge in [0.25, 0.3) is 0 Å². The first kappa shape index (κ1) is 15.4. The smallest absolute Gasteiger partial charge is 0.312 e. The molecule has 0 atom stereocenters. The molecule has 0 saturated carbocycles. The minimum absolute atomic E-state index is 0.0944. The predicted molar refractivity (Wildman–Crippen MR) is 85.7 cm³/mol. The first-order valence-corrected chi connectivity index (χ1v) is 7.55. The first-order chi connectivity index (χ1) is 11.0. The molecule has 0 radical (unpaired) electrons. The standard InChI is InChI=1S/C15H16ClN5O2/c16-10-3-1-9(2-4-10)14-19-11-5-6-21(8-12(11)20-14)13(22)7-18-15(17)23/h1-4H,5-8H2,(H,19,20)(H3,17,18,23). The number of urea groups is 1. The van der Waals surface area contributed by atoms with E-state index in [4.69, 9.17) is 17.3 Å². The van der Waals surface area contributed by atoms with Crippen LogP contribution in [0.2, 0.25) is 5.02 Å². The summed E-state index contributed by atoms with van der Waals surface area (Å²) in [5.74, 6) is 0.591. The van der Waals surface area contributed by atoms with E-state index >= 15 is 0 Å². The summed E-state index contributed by atoms with van der Waals surface area (Å²) >= 11 is 5.89. The van der Waals surface area contributed by atoms with E-state index in [1.54, 1.807) is 4.90 Å². The summed E-state index contributed by atoms with van der Waals surface area (Å²) in [6.45, 7) is 0.912. The Morgan fingerprint density at radius 2 is 2.09 bits per heavy atom. The summed E-state index contributed by atoms with van der Waals surface area (Å²) in [5, 5.41) is 2.98. The largest absolute Gasteiger partial charge is 0.352 e. The SMILES string of the molecule is NC(=O)NCC(=O)N1CCc2nc(-c3ccc(Cl)cc3)[nH]c2C1. The molecule has 0 saturated heterocycles. The van der Waals surface area contributed by atoms with Crippen LogP contribution in [0, 0.1) is 0 Å². The van der Waals surface area contributed by atoms with Gasteiger partial charge in [-0.15, -0.1) is 0 Å². The van der Waals surface area contributed by atoms with Crippen molar-refractivity contribution in [2.45, 2.75) is 13.0 Å². The van der Waals surface area contributed by atoms with Gasteiger partial charge < -0.3 is 20.9 Å². The molecule has 0 unspecified atom stereocenters. The maximum atomic E-state index is 12.0. The highest BCUT2D eigenvalue weighted by molar-refractivity contribution is 6.30. The number of aromatic nitrogens is 2. The molecule has 2 heterocycles. The summed E-state index contributed by atoms with van der Waals surface area (Å²) in [6.07, 6.45) is 0.668. The Balaban J connectivity index is 1.73. The van der Waals surface area contributed by atoms with Crippen LogP contribution in [0.4, 0.5) is 4.79 Å². The van der Waals surface area contributed by atoms with Crippen LogP contribution in [-0.4, -0.2) is 39.9 Å². The van der Waals surface area contributed by atoms with Crippen molar-refractivity contribution in [1.29, 1.82) is 0 Å². The van der Waals surface area contributed by atoms with E-state index in [9.17, 15) is 9.59 Å². The third kappa shape index (κ3) is 3.45. The van der Waals surface area contributed by atoms with Crippen molar-refractivity contribution >= 4 is 23.5 Å².